The van der Waals surface area contributed by atoms with Crippen molar-refractivity contribution in [1.82, 2.24) is 15.1 Å². The smallest absolute Gasteiger partial charge is 0.252 e. The van der Waals surface area contributed by atoms with E-state index in [4.69, 9.17) is 0 Å². The van der Waals surface area contributed by atoms with Gasteiger partial charge in [0.1, 0.15) is 0 Å². The van der Waals surface area contributed by atoms with Gasteiger partial charge in [-0.1, -0.05) is 48.0 Å². The van der Waals surface area contributed by atoms with Crippen LogP contribution in [0.4, 0.5) is 0 Å². The molecular formula is C23H25N3O2. The predicted molar refractivity (Wildman–Crippen MR) is 110 cm³/mol. The Labute approximate surface area is 165 Å². The Morgan fingerprint density at radius 3 is 2.29 bits per heavy atom. The van der Waals surface area contributed by atoms with E-state index in [1.807, 2.05) is 44.5 Å². The first kappa shape index (κ1) is 19.5. The van der Waals surface area contributed by atoms with E-state index in [1.54, 1.807) is 42.6 Å². The maximum absolute atomic E-state index is 12.9. The van der Waals surface area contributed by atoms with Crippen LogP contribution >= 0.6 is 0 Å². The number of carbonyl (C=O) groups is 2. The summed E-state index contributed by atoms with van der Waals surface area (Å²) in [6.45, 7) is 8.69. The van der Waals surface area contributed by atoms with Gasteiger partial charge < -0.3 is 5.32 Å². The zero-order valence-electron chi connectivity index (χ0n) is 16.7. The molecule has 0 saturated heterocycles. The average Bonchev–Trinajstić information content (AvgIpc) is 3.08. The van der Waals surface area contributed by atoms with E-state index in [-0.39, 0.29) is 17.7 Å². The van der Waals surface area contributed by atoms with Crippen LogP contribution in [-0.2, 0) is 6.54 Å². The van der Waals surface area contributed by atoms with E-state index in [2.05, 4.69) is 10.4 Å². The highest BCUT2D eigenvalue weighted by molar-refractivity contribution is 6.15. The molecule has 5 heteroatoms. The minimum absolute atomic E-state index is 0.159. The average molecular weight is 375 g/mol. The summed E-state index contributed by atoms with van der Waals surface area (Å²) in [5, 5.41) is 7.34. The van der Waals surface area contributed by atoms with Crippen LogP contribution in [0.25, 0.3) is 0 Å². The number of nitrogens with one attached hydrogen (secondary N) is 1. The number of hydrogen-bond donors (Lipinski definition) is 1. The number of benzene rings is 2. The molecule has 0 spiro atoms. The molecule has 0 radical (unpaired) electrons. The Morgan fingerprint density at radius 2 is 1.68 bits per heavy atom. The molecule has 1 atom stereocenters. The summed E-state index contributed by atoms with van der Waals surface area (Å²) in [7, 11) is 0. The molecule has 0 fully saturated rings. The van der Waals surface area contributed by atoms with E-state index in [0.29, 0.717) is 16.7 Å². The van der Waals surface area contributed by atoms with Gasteiger partial charge in [0.15, 0.2) is 5.78 Å². The highest BCUT2D eigenvalue weighted by atomic mass is 16.2. The second-order valence-electron chi connectivity index (χ2n) is 6.94. The highest BCUT2D eigenvalue weighted by Crippen LogP contribution is 2.20. The van der Waals surface area contributed by atoms with E-state index >= 15 is 0 Å². The molecule has 5 nitrogen and oxygen atoms in total. The van der Waals surface area contributed by atoms with Crippen molar-refractivity contribution >= 4 is 11.7 Å². The Kier molecular flexibility index (Phi) is 5.73. The summed E-state index contributed by atoms with van der Waals surface area (Å²) >= 11 is 0. The summed E-state index contributed by atoms with van der Waals surface area (Å²) in [6.07, 6.45) is 1.78. The molecule has 2 aromatic carbocycles. The molecule has 1 heterocycles. The van der Waals surface area contributed by atoms with Gasteiger partial charge in [0.25, 0.3) is 5.91 Å². The zero-order valence-corrected chi connectivity index (χ0v) is 16.7. The molecule has 3 rings (SSSR count). The maximum atomic E-state index is 12.9. The number of carbonyl (C=O) groups excluding carboxylic acids is 2. The number of rotatable bonds is 6. The standard InChI is InChI=1S/C23H25N3O2/c1-5-26-17(4)21(14-24-26)16(3)25-23(28)20-9-7-6-8-19(20)22(27)18-12-10-15(2)11-13-18/h6-14,16H,5H2,1-4H3,(H,25,28). The summed E-state index contributed by atoms with van der Waals surface area (Å²) in [4.78, 5) is 25.9. The van der Waals surface area contributed by atoms with Crippen LogP contribution in [0.15, 0.2) is 54.7 Å². The third-order valence-corrected chi connectivity index (χ3v) is 4.98. The molecule has 3 aromatic rings. The third-order valence-electron chi connectivity index (χ3n) is 4.98. The normalized spacial score (nSPS) is 11.9. The third kappa shape index (κ3) is 3.88. The topological polar surface area (TPSA) is 64.0 Å². The van der Waals surface area contributed by atoms with Gasteiger partial charge in [-0.15, -0.1) is 0 Å². The molecule has 1 aromatic heterocycles. The van der Waals surface area contributed by atoms with Crippen LogP contribution in [0, 0.1) is 13.8 Å². The number of aryl methyl sites for hydroxylation is 2. The fourth-order valence-corrected chi connectivity index (χ4v) is 3.30. The van der Waals surface area contributed by atoms with Gasteiger partial charge in [0, 0.05) is 28.9 Å². The van der Waals surface area contributed by atoms with E-state index < -0.39 is 0 Å². The lowest BCUT2D eigenvalue weighted by molar-refractivity contribution is 0.0929. The Bertz CT molecular complexity index is 1000. The Balaban J connectivity index is 1.85. The molecule has 1 unspecified atom stereocenters. The zero-order chi connectivity index (χ0) is 20.3. The molecule has 0 aliphatic carbocycles. The number of aromatic nitrogens is 2. The van der Waals surface area contributed by atoms with Gasteiger partial charge in [-0.25, -0.2) is 0 Å². The lowest BCUT2D eigenvalue weighted by Gasteiger charge is -2.16. The SMILES string of the molecule is CCn1ncc(C(C)NC(=O)c2ccccc2C(=O)c2ccc(C)cc2)c1C. The minimum atomic E-state index is -0.271. The second-order valence-corrected chi connectivity index (χ2v) is 6.94. The molecule has 0 saturated carbocycles. The minimum Gasteiger partial charge on any atom is -0.345 e. The molecule has 0 bridgehead atoms. The van der Waals surface area contributed by atoms with Gasteiger partial charge in [0.2, 0.25) is 0 Å². The monoisotopic (exact) mass is 375 g/mol. The fraction of sp³-hybridized carbons (Fsp3) is 0.261. The number of amides is 1. The summed E-state index contributed by atoms with van der Waals surface area (Å²) in [5.41, 5.74) is 4.42. The van der Waals surface area contributed by atoms with Crippen molar-refractivity contribution in [2.75, 3.05) is 0 Å². The summed E-state index contributed by atoms with van der Waals surface area (Å²) in [5.74, 6) is -0.430. The van der Waals surface area contributed by atoms with Crippen molar-refractivity contribution in [3.8, 4) is 0 Å². The number of hydrogen-bond acceptors (Lipinski definition) is 3. The van der Waals surface area contributed by atoms with E-state index in [0.717, 1.165) is 23.4 Å². The first-order chi connectivity index (χ1) is 13.4. The predicted octanol–water partition coefficient (Wildman–Crippen LogP) is 4.24. The van der Waals surface area contributed by atoms with Crippen LogP contribution < -0.4 is 5.32 Å². The number of nitrogens with zero attached hydrogens (tertiary/aromatic N) is 2. The fourth-order valence-electron chi connectivity index (χ4n) is 3.30. The molecule has 1 N–H and O–H groups in total. The van der Waals surface area contributed by atoms with Gasteiger partial charge in [-0.05, 0) is 33.8 Å². The van der Waals surface area contributed by atoms with E-state index in [1.165, 1.54) is 0 Å². The van der Waals surface area contributed by atoms with Crippen molar-refractivity contribution in [3.63, 3.8) is 0 Å². The Morgan fingerprint density at radius 1 is 1.04 bits per heavy atom. The lowest BCUT2D eigenvalue weighted by atomic mass is 9.97. The lowest BCUT2D eigenvalue weighted by Crippen LogP contribution is -2.28. The maximum Gasteiger partial charge on any atom is 0.252 e. The first-order valence-electron chi connectivity index (χ1n) is 9.46. The van der Waals surface area contributed by atoms with Crippen molar-refractivity contribution < 1.29 is 9.59 Å². The van der Waals surface area contributed by atoms with Crippen LogP contribution in [-0.4, -0.2) is 21.5 Å². The molecule has 0 aliphatic heterocycles. The van der Waals surface area contributed by atoms with Gasteiger partial charge in [0.05, 0.1) is 17.8 Å². The Hall–Kier alpha value is -3.21. The second kappa shape index (κ2) is 8.21. The molecule has 28 heavy (non-hydrogen) atoms. The molecule has 0 aliphatic rings. The molecule has 1 amide bonds. The largest absolute Gasteiger partial charge is 0.345 e. The van der Waals surface area contributed by atoms with Crippen LogP contribution in [0.5, 0.6) is 0 Å². The summed E-state index contributed by atoms with van der Waals surface area (Å²) < 4.78 is 1.90. The van der Waals surface area contributed by atoms with Crippen LogP contribution in [0.1, 0.15) is 63.0 Å². The van der Waals surface area contributed by atoms with Crippen molar-refractivity contribution in [3.05, 3.63) is 88.2 Å². The van der Waals surface area contributed by atoms with Gasteiger partial charge >= 0.3 is 0 Å². The first-order valence-corrected chi connectivity index (χ1v) is 9.46. The highest BCUT2D eigenvalue weighted by Gasteiger charge is 2.21. The van der Waals surface area contributed by atoms with Gasteiger partial charge in [-0.2, -0.15) is 5.10 Å². The number of ketones is 1. The summed E-state index contributed by atoms with van der Waals surface area (Å²) in [6, 6.07) is 14.1. The van der Waals surface area contributed by atoms with Crippen LogP contribution in [0.3, 0.4) is 0 Å². The van der Waals surface area contributed by atoms with Crippen LogP contribution in [0.2, 0.25) is 0 Å². The quantitative estimate of drug-likeness (QED) is 0.656. The molecule has 144 valence electrons. The van der Waals surface area contributed by atoms with Crippen molar-refractivity contribution in [2.24, 2.45) is 0 Å². The van der Waals surface area contributed by atoms with Crippen molar-refractivity contribution in [1.29, 1.82) is 0 Å². The van der Waals surface area contributed by atoms with E-state index in [9.17, 15) is 9.59 Å². The van der Waals surface area contributed by atoms with Crippen molar-refractivity contribution in [2.45, 2.75) is 40.3 Å². The molecular weight excluding hydrogens is 350 g/mol. The van der Waals surface area contributed by atoms with Gasteiger partial charge in [-0.3, -0.25) is 14.3 Å².